The van der Waals surface area contributed by atoms with Gasteiger partial charge < -0.3 is 10.2 Å². The van der Waals surface area contributed by atoms with E-state index in [9.17, 15) is 4.79 Å². The molecule has 2 aliphatic heterocycles. The van der Waals surface area contributed by atoms with Crippen LogP contribution in [0.5, 0.6) is 0 Å². The molecule has 0 radical (unpaired) electrons. The molecule has 1 N–H and O–H groups in total. The van der Waals surface area contributed by atoms with Crippen molar-refractivity contribution in [3.8, 4) is 0 Å². The topological polar surface area (TPSA) is 35.6 Å². The Kier molecular flexibility index (Phi) is 3.85. The number of hydrogen-bond acceptors (Lipinski definition) is 3. The summed E-state index contributed by atoms with van der Waals surface area (Å²) in [5.41, 5.74) is 0. The Bertz CT molecular complexity index is 289. The maximum atomic E-state index is 12.2. The molecule has 18 heavy (non-hydrogen) atoms. The summed E-state index contributed by atoms with van der Waals surface area (Å²) in [6.45, 7) is 6.36. The monoisotopic (exact) mass is 251 g/mol. The van der Waals surface area contributed by atoms with Crippen molar-refractivity contribution in [1.29, 1.82) is 0 Å². The van der Waals surface area contributed by atoms with Crippen LogP contribution in [-0.2, 0) is 4.79 Å². The normalized spacial score (nSPS) is 31.1. The lowest BCUT2D eigenvalue weighted by Crippen LogP contribution is -2.56. The van der Waals surface area contributed by atoms with Crippen LogP contribution >= 0.6 is 0 Å². The lowest BCUT2D eigenvalue weighted by atomic mass is 9.84. The summed E-state index contributed by atoms with van der Waals surface area (Å²) in [5.74, 6) is 0.801. The van der Waals surface area contributed by atoms with Crippen LogP contribution in [0.15, 0.2) is 0 Å². The van der Waals surface area contributed by atoms with Crippen LogP contribution in [0, 0.1) is 5.92 Å². The third-order valence-corrected chi connectivity index (χ3v) is 4.87. The first-order valence-electron chi connectivity index (χ1n) is 7.58. The minimum absolute atomic E-state index is 0.368. The van der Waals surface area contributed by atoms with Crippen molar-refractivity contribution in [2.24, 2.45) is 5.92 Å². The molecule has 1 unspecified atom stereocenters. The molecule has 3 rings (SSSR count). The number of piperazine rings is 1. The predicted molar refractivity (Wildman–Crippen MR) is 71.4 cm³/mol. The molecule has 4 nitrogen and oxygen atoms in total. The quantitative estimate of drug-likeness (QED) is 0.784. The first-order chi connectivity index (χ1) is 8.84. The fourth-order valence-electron chi connectivity index (χ4n) is 3.37. The van der Waals surface area contributed by atoms with E-state index in [4.69, 9.17) is 0 Å². The van der Waals surface area contributed by atoms with Gasteiger partial charge in [0.1, 0.15) is 0 Å². The molecule has 1 atom stereocenters. The van der Waals surface area contributed by atoms with Gasteiger partial charge >= 0.3 is 0 Å². The molecular formula is C14H25N3O. The fourth-order valence-corrected chi connectivity index (χ4v) is 3.37. The summed E-state index contributed by atoms with van der Waals surface area (Å²) >= 11 is 0. The van der Waals surface area contributed by atoms with Crippen molar-refractivity contribution in [2.75, 3.05) is 39.3 Å². The molecule has 2 heterocycles. The Morgan fingerprint density at radius 3 is 2.33 bits per heavy atom. The van der Waals surface area contributed by atoms with Crippen molar-refractivity contribution in [3.05, 3.63) is 0 Å². The highest BCUT2D eigenvalue weighted by molar-refractivity contribution is 5.79. The second-order valence-corrected chi connectivity index (χ2v) is 5.99. The van der Waals surface area contributed by atoms with E-state index >= 15 is 0 Å². The fraction of sp³-hybridized carbons (Fsp3) is 0.929. The first kappa shape index (κ1) is 12.4. The number of nitrogens with one attached hydrogen (secondary N) is 1. The van der Waals surface area contributed by atoms with Gasteiger partial charge in [0, 0.05) is 44.7 Å². The highest BCUT2D eigenvalue weighted by Gasteiger charge is 2.32. The Morgan fingerprint density at radius 2 is 1.78 bits per heavy atom. The highest BCUT2D eigenvalue weighted by atomic mass is 16.2. The van der Waals surface area contributed by atoms with Gasteiger partial charge in [-0.3, -0.25) is 9.69 Å². The lowest BCUT2D eigenvalue weighted by molar-refractivity contribution is -0.140. The summed E-state index contributed by atoms with van der Waals surface area (Å²) in [4.78, 5) is 16.8. The van der Waals surface area contributed by atoms with Gasteiger partial charge in [0.2, 0.25) is 5.91 Å². The molecule has 1 aliphatic carbocycles. The molecule has 3 aliphatic rings. The molecule has 2 saturated heterocycles. The smallest absolute Gasteiger partial charge is 0.225 e. The number of carbonyl (C=O) groups excluding carboxylic acids is 1. The zero-order valence-corrected chi connectivity index (χ0v) is 11.2. The van der Waals surface area contributed by atoms with Gasteiger partial charge in [-0.05, 0) is 32.2 Å². The molecule has 0 bridgehead atoms. The summed E-state index contributed by atoms with van der Waals surface area (Å²) in [5, 5.41) is 3.48. The summed E-state index contributed by atoms with van der Waals surface area (Å²) in [6, 6.07) is 0.708. The molecule has 0 aromatic rings. The molecule has 3 fully saturated rings. The Morgan fingerprint density at radius 1 is 1.00 bits per heavy atom. The largest absolute Gasteiger partial charge is 0.340 e. The van der Waals surface area contributed by atoms with Crippen molar-refractivity contribution in [1.82, 2.24) is 15.1 Å². The van der Waals surface area contributed by atoms with E-state index in [2.05, 4.69) is 15.1 Å². The molecule has 4 heteroatoms. The van der Waals surface area contributed by atoms with Crippen molar-refractivity contribution >= 4 is 5.91 Å². The zero-order chi connectivity index (χ0) is 12.4. The number of carbonyl (C=O) groups is 1. The molecule has 0 spiro atoms. The molecule has 0 aromatic heterocycles. The van der Waals surface area contributed by atoms with Gasteiger partial charge in [-0.25, -0.2) is 0 Å². The van der Waals surface area contributed by atoms with Gasteiger partial charge in [-0.2, -0.15) is 0 Å². The number of rotatable bonds is 2. The third kappa shape index (κ3) is 2.54. The molecular weight excluding hydrogens is 226 g/mol. The number of hydrogen-bond donors (Lipinski definition) is 1. The maximum absolute atomic E-state index is 12.2. The van der Waals surface area contributed by atoms with Crippen LogP contribution in [0.25, 0.3) is 0 Å². The van der Waals surface area contributed by atoms with E-state index in [0.717, 1.165) is 45.6 Å². The summed E-state index contributed by atoms with van der Waals surface area (Å²) in [7, 11) is 0. The maximum Gasteiger partial charge on any atom is 0.225 e. The standard InChI is InChI=1S/C14H25N3O/c18-14(12-3-1-4-12)17-9-7-16(8-10-17)13-5-2-6-15-11-13/h12-13,15H,1-11H2. The van der Waals surface area contributed by atoms with Crippen LogP contribution in [-0.4, -0.2) is 61.0 Å². The Balaban J connectivity index is 1.46. The van der Waals surface area contributed by atoms with E-state index in [0.29, 0.717) is 17.9 Å². The van der Waals surface area contributed by atoms with Gasteiger partial charge in [0.25, 0.3) is 0 Å². The lowest BCUT2D eigenvalue weighted by Gasteiger charge is -2.42. The van der Waals surface area contributed by atoms with Gasteiger partial charge in [-0.1, -0.05) is 6.42 Å². The van der Waals surface area contributed by atoms with E-state index in [-0.39, 0.29) is 0 Å². The van der Waals surface area contributed by atoms with E-state index in [1.54, 1.807) is 0 Å². The number of amides is 1. The van der Waals surface area contributed by atoms with Crippen LogP contribution in [0.3, 0.4) is 0 Å². The third-order valence-electron chi connectivity index (χ3n) is 4.87. The van der Waals surface area contributed by atoms with E-state index < -0.39 is 0 Å². The van der Waals surface area contributed by atoms with Gasteiger partial charge in [-0.15, -0.1) is 0 Å². The van der Waals surface area contributed by atoms with Crippen LogP contribution in [0.1, 0.15) is 32.1 Å². The second-order valence-electron chi connectivity index (χ2n) is 5.99. The van der Waals surface area contributed by atoms with Crippen LogP contribution < -0.4 is 5.32 Å². The number of nitrogens with zero attached hydrogens (tertiary/aromatic N) is 2. The van der Waals surface area contributed by atoms with Gasteiger partial charge in [0.15, 0.2) is 0 Å². The highest BCUT2D eigenvalue weighted by Crippen LogP contribution is 2.28. The SMILES string of the molecule is O=C(C1CCC1)N1CCN(C2CCCNC2)CC1. The summed E-state index contributed by atoms with van der Waals surface area (Å²) in [6.07, 6.45) is 6.14. The van der Waals surface area contributed by atoms with Crippen molar-refractivity contribution in [3.63, 3.8) is 0 Å². The average Bonchev–Trinajstić information content (AvgIpc) is 2.38. The van der Waals surface area contributed by atoms with E-state index in [1.165, 1.54) is 25.8 Å². The van der Waals surface area contributed by atoms with Crippen molar-refractivity contribution in [2.45, 2.75) is 38.1 Å². The van der Waals surface area contributed by atoms with Gasteiger partial charge in [0.05, 0.1) is 0 Å². The molecule has 0 aromatic carbocycles. The number of piperidine rings is 1. The molecule has 1 saturated carbocycles. The Labute approximate surface area is 110 Å². The van der Waals surface area contributed by atoms with Crippen LogP contribution in [0.4, 0.5) is 0 Å². The molecule has 102 valence electrons. The zero-order valence-electron chi connectivity index (χ0n) is 11.2. The van der Waals surface area contributed by atoms with Crippen LogP contribution in [0.2, 0.25) is 0 Å². The average molecular weight is 251 g/mol. The first-order valence-corrected chi connectivity index (χ1v) is 7.58. The van der Waals surface area contributed by atoms with E-state index in [1.807, 2.05) is 0 Å². The van der Waals surface area contributed by atoms with Crippen molar-refractivity contribution < 1.29 is 4.79 Å². The molecule has 1 amide bonds. The summed E-state index contributed by atoms with van der Waals surface area (Å²) < 4.78 is 0. The minimum atomic E-state index is 0.368. The minimum Gasteiger partial charge on any atom is -0.340 e. The Hall–Kier alpha value is -0.610. The second kappa shape index (κ2) is 5.57. The predicted octanol–water partition coefficient (Wildman–Crippen LogP) is 0.683.